The Morgan fingerprint density at radius 2 is 1.04 bits per heavy atom. The largest absolute Gasteiger partial charge is 0.416 e. The lowest BCUT2D eigenvalue weighted by atomic mass is 9.84. The SMILES string of the molecule is FC(F)(F)c1ccc2c(c1)-c1cc(C(F)(F)F)ccc1[C@@H]1O[C@H]21. The van der Waals surface area contributed by atoms with Crippen LogP contribution in [-0.2, 0) is 17.1 Å². The predicted molar refractivity (Wildman–Crippen MR) is 68.4 cm³/mol. The standard InChI is InChI=1S/C16H8F6O/c17-15(18,19)7-1-3-9-11(5-7)12-6-8(16(20,21)22)2-4-10(12)14-13(9)23-14/h1-6,13-14H/t13-,14+. The van der Waals surface area contributed by atoms with E-state index < -0.39 is 23.5 Å². The molecule has 1 heterocycles. The van der Waals surface area contributed by atoms with Crippen molar-refractivity contribution in [1.29, 1.82) is 0 Å². The van der Waals surface area contributed by atoms with E-state index in [9.17, 15) is 26.3 Å². The van der Waals surface area contributed by atoms with Gasteiger partial charge in [-0.2, -0.15) is 26.3 Å². The minimum Gasteiger partial charge on any atom is -0.359 e. The van der Waals surface area contributed by atoms with Gasteiger partial charge in [-0.3, -0.25) is 0 Å². The molecule has 1 nitrogen and oxygen atoms in total. The van der Waals surface area contributed by atoms with E-state index >= 15 is 0 Å². The van der Waals surface area contributed by atoms with Crippen molar-refractivity contribution in [2.24, 2.45) is 0 Å². The molecule has 0 aromatic heterocycles. The lowest BCUT2D eigenvalue weighted by Crippen LogP contribution is -2.09. The quantitative estimate of drug-likeness (QED) is 0.458. The second kappa shape index (κ2) is 4.29. The first-order valence-electron chi connectivity index (χ1n) is 6.74. The molecule has 2 aliphatic rings. The van der Waals surface area contributed by atoms with Gasteiger partial charge >= 0.3 is 12.4 Å². The minimum absolute atomic E-state index is 0.152. The monoisotopic (exact) mass is 330 g/mol. The van der Waals surface area contributed by atoms with Crippen LogP contribution in [0.4, 0.5) is 26.3 Å². The van der Waals surface area contributed by atoms with Crippen LogP contribution in [0.15, 0.2) is 36.4 Å². The van der Waals surface area contributed by atoms with Crippen LogP contribution in [-0.4, -0.2) is 0 Å². The van der Waals surface area contributed by atoms with E-state index in [-0.39, 0.29) is 23.3 Å². The summed E-state index contributed by atoms with van der Waals surface area (Å²) >= 11 is 0. The minimum atomic E-state index is -4.56. The van der Waals surface area contributed by atoms with E-state index in [1.54, 1.807) is 0 Å². The summed E-state index contributed by atoms with van der Waals surface area (Å²) in [4.78, 5) is 0. The van der Waals surface area contributed by atoms with Crippen molar-refractivity contribution in [3.63, 3.8) is 0 Å². The van der Waals surface area contributed by atoms with E-state index in [4.69, 9.17) is 4.74 Å². The Labute approximate surface area is 126 Å². The van der Waals surface area contributed by atoms with E-state index in [2.05, 4.69) is 0 Å². The van der Waals surface area contributed by atoms with Gasteiger partial charge in [-0.15, -0.1) is 0 Å². The first-order chi connectivity index (χ1) is 10.7. The molecule has 2 aromatic carbocycles. The molecule has 0 saturated carbocycles. The van der Waals surface area contributed by atoms with Crippen molar-refractivity contribution in [3.8, 4) is 11.1 Å². The third kappa shape index (κ3) is 2.22. The van der Waals surface area contributed by atoms with Crippen molar-refractivity contribution in [1.82, 2.24) is 0 Å². The molecule has 0 spiro atoms. The molecule has 1 aliphatic heterocycles. The fraction of sp³-hybridized carbons (Fsp3) is 0.250. The Balaban J connectivity index is 1.93. The number of epoxide rings is 1. The van der Waals surface area contributed by atoms with Crippen LogP contribution >= 0.6 is 0 Å². The Morgan fingerprint density at radius 3 is 1.39 bits per heavy atom. The first kappa shape index (κ1) is 14.6. The Morgan fingerprint density at radius 1 is 0.652 bits per heavy atom. The van der Waals surface area contributed by atoms with Gasteiger partial charge in [0.05, 0.1) is 11.1 Å². The number of hydrogen-bond donors (Lipinski definition) is 0. The highest BCUT2D eigenvalue weighted by molar-refractivity contribution is 5.77. The fourth-order valence-electron chi connectivity index (χ4n) is 3.01. The average Bonchev–Trinajstić information content (AvgIpc) is 3.25. The molecule has 2 aromatic rings. The van der Waals surface area contributed by atoms with Crippen molar-refractivity contribution in [2.45, 2.75) is 24.6 Å². The van der Waals surface area contributed by atoms with Gasteiger partial charge in [0.1, 0.15) is 12.2 Å². The number of fused-ring (bicyclic) bond motifs is 6. The number of hydrogen-bond acceptors (Lipinski definition) is 1. The molecular weight excluding hydrogens is 322 g/mol. The highest BCUT2D eigenvalue weighted by Gasteiger charge is 2.48. The van der Waals surface area contributed by atoms with Crippen molar-refractivity contribution in [2.75, 3.05) is 0 Å². The summed E-state index contributed by atoms with van der Waals surface area (Å²) in [5, 5.41) is 0. The Kier molecular flexibility index (Phi) is 2.71. The summed E-state index contributed by atoms with van der Waals surface area (Å²) in [6.45, 7) is 0. The molecule has 0 unspecified atom stereocenters. The predicted octanol–water partition coefficient (Wildman–Crippen LogP) is 5.52. The van der Waals surface area contributed by atoms with Gasteiger partial charge < -0.3 is 4.74 Å². The van der Waals surface area contributed by atoms with Crippen molar-refractivity contribution in [3.05, 3.63) is 58.7 Å². The van der Waals surface area contributed by atoms with Gasteiger partial charge in [0.2, 0.25) is 0 Å². The molecule has 0 radical (unpaired) electrons. The summed E-state index contributed by atoms with van der Waals surface area (Å²) in [7, 11) is 0. The van der Waals surface area contributed by atoms with E-state index in [1.807, 2.05) is 0 Å². The maximum absolute atomic E-state index is 12.9. The molecule has 4 rings (SSSR count). The van der Waals surface area contributed by atoms with Crippen LogP contribution in [0, 0.1) is 0 Å². The molecular formula is C16H8F6O. The van der Waals surface area contributed by atoms with Gasteiger partial charge in [0.25, 0.3) is 0 Å². The topological polar surface area (TPSA) is 12.5 Å². The zero-order valence-electron chi connectivity index (χ0n) is 11.3. The van der Waals surface area contributed by atoms with Crippen molar-refractivity contribution >= 4 is 0 Å². The molecule has 2 atom stereocenters. The van der Waals surface area contributed by atoms with Crippen LogP contribution in [0.25, 0.3) is 11.1 Å². The Hall–Kier alpha value is -2.02. The number of halogens is 6. The second-order valence-corrected chi connectivity index (χ2v) is 5.58. The maximum Gasteiger partial charge on any atom is 0.416 e. The lowest BCUT2D eigenvalue weighted by Gasteiger charge is -2.20. The average molecular weight is 330 g/mol. The molecule has 1 fully saturated rings. The van der Waals surface area contributed by atoms with Crippen LogP contribution in [0.3, 0.4) is 0 Å². The summed E-state index contributed by atoms with van der Waals surface area (Å²) in [6.07, 6.45) is -9.87. The van der Waals surface area contributed by atoms with Gasteiger partial charge in [-0.05, 0) is 46.5 Å². The van der Waals surface area contributed by atoms with Gasteiger partial charge in [-0.1, -0.05) is 12.1 Å². The molecule has 1 aliphatic carbocycles. The molecule has 23 heavy (non-hydrogen) atoms. The molecule has 0 bridgehead atoms. The molecule has 1 saturated heterocycles. The van der Waals surface area contributed by atoms with Crippen LogP contribution in [0.1, 0.15) is 34.5 Å². The highest BCUT2D eigenvalue weighted by atomic mass is 19.4. The molecule has 120 valence electrons. The van der Waals surface area contributed by atoms with Crippen molar-refractivity contribution < 1.29 is 31.1 Å². The van der Waals surface area contributed by atoms with E-state index in [0.717, 1.165) is 24.3 Å². The number of ether oxygens (including phenoxy) is 1. The molecule has 0 amide bonds. The van der Waals surface area contributed by atoms with Crippen LogP contribution in [0.2, 0.25) is 0 Å². The number of benzene rings is 2. The number of alkyl halides is 6. The summed E-state index contributed by atoms with van der Waals surface area (Å²) in [5.41, 5.74) is -0.485. The van der Waals surface area contributed by atoms with Gasteiger partial charge in [0, 0.05) is 0 Å². The smallest absolute Gasteiger partial charge is 0.359 e. The van der Waals surface area contributed by atoms with E-state index in [0.29, 0.717) is 11.1 Å². The zero-order valence-corrected chi connectivity index (χ0v) is 11.3. The van der Waals surface area contributed by atoms with Crippen LogP contribution < -0.4 is 0 Å². The second-order valence-electron chi connectivity index (χ2n) is 5.58. The molecule has 7 heteroatoms. The lowest BCUT2D eigenvalue weighted by molar-refractivity contribution is -0.138. The first-order valence-corrected chi connectivity index (χ1v) is 6.74. The van der Waals surface area contributed by atoms with Gasteiger partial charge in [0.15, 0.2) is 0 Å². The normalized spacial score (nSPS) is 22.2. The van der Waals surface area contributed by atoms with Crippen LogP contribution in [0.5, 0.6) is 0 Å². The maximum atomic E-state index is 12.9. The summed E-state index contributed by atoms with van der Waals surface area (Å²) < 4.78 is 82.8. The Bertz CT molecular complexity index is 738. The van der Waals surface area contributed by atoms with Gasteiger partial charge in [-0.25, -0.2) is 0 Å². The third-order valence-electron chi connectivity index (χ3n) is 4.16. The molecule has 0 N–H and O–H groups in total. The summed E-state index contributed by atoms with van der Waals surface area (Å²) in [5.74, 6) is 0. The highest BCUT2D eigenvalue weighted by Crippen LogP contribution is 2.60. The fourth-order valence-corrected chi connectivity index (χ4v) is 3.01. The van der Waals surface area contributed by atoms with E-state index in [1.165, 1.54) is 12.1 Å². The number of rotatable bonds is 0. The summed E-state index contributed by atoms with van der Waals surface area (Å²) in [6, 6.07) is 6.21. The third-order valence-corrected chi connectivity index (χ3v) is 4.16. The zero-order chi connectivity index (χ0) is 16.6.